The van der Waals surface area contributed by atoms with E-state index in [1.807, 2.05) is 66.7 Å². The molecule has 0 bridgehead atoms. The number of ether oxygens (including phenoxy) is 1. The van der Waals surface area contributed by atoms with Gasteiger partial charge in [0.25, 0.3) is 0 Å². The zero-order valence-electron chi connectivity index (χ0n) is 16.7. The number of hydrogen-bond acceptors (Lipinski definition) is 5. The number of hydrogen-bond donors (Lipinski definition) is 2. The number of halogens is 1. The van der Waals surface area contributed by atoms with Crippen LogP contribution in [-0.2, 0) is 4.79 Å². The minimum atomic E-state index is -0.247. The molecule has 154 valence electrons. The average Bonchev–Trinajstić information content (AvgIpc) is 2.78. The van der Waals surface area contributed by atoms with Gasteiger partial charge in [-0.1, -0.05) is 40.2 Å². The number of nitrogens with one attached hydrogen (secondary N) is 2. The number of para-hydroxylation sites is 1. The Labute approximate surface area is 188 Å². The second-order valence-electron chi connectivity index (χ2n) is 6.65. The Bertz CT molecular complexity index is 1270. The van der Waals surface area contributed by atoms with Gasteiger partial charge in [-0.2, -0.15) is 0 Å². The van der Waals surface area contributed by atoms with Crippen LogP contribution in [0.3, 0.4) is 0 Å². The van der Waals surface area contributed by atoms with Gasteiger partial charge in [-0.15, -0.1) is 0 Å². The monoisotopic (exact) mass is 474 g/mol. The number of benzene rings is 3. The van der Waals surface area contributed by atoms with Crippen molar-refractivity contribution in [3.8, 4) is 5.75 Å². The van der Waals surface area contributed by atoms with Crippen LogP contribution in [0.25, 0.3) is 17.0 Å². The maximum Gasteiger partial charge on any atom is 0.248 e. The first-order chi connectivity index (χ1) is 15.1. The minimum Gasteiger partial charge on any atom is -0.496 e. The van der Waals surface area contributed by atoms with Crippen molar-refractivity contribution in [2.45, 2.75) is 0 Å². The second kappa shape index (κ2) is 9.40. The first-order valence-electron chi connectivity index (χ1n) is 9.52. The molecule has 2 N–H and O–H groups in total. The highest BCUT2D eigenvalue weighted by molar-refractivity contribution is 9.10. The van der Waals surface area contributed by atoms with E-state index in [0.29, 0.717) is 17.3 Å². The topological polar surface area (TPSA) is 76.1 Å². The molecule has 0 aliphatic heterocycles. The van der Waals surface area contributed by atoms with Gasteiger partial charge in [-0.05, 0) is 48.5 Å². The molecule has 0 aliphatic carbocycles. The maximum absolute atomic E-state index is 12.4. The lowest BCUT2D eigenvalue weighted by Crippen LogP contribution is -2.08. The summed E-state index contributed by atoms with van der Waals surface area (Å²) in [5.74, 6) is 1.12. The molecule has 0 fully saturated rings. The van der Waals surface area contributed by atoms with Crippen LogP contribution in [0.15, 0.2) is 83.6 Å². The third-order valence-electron chi connectivity index (χ3n) is 4.54. The van der Waals surface area contributed by atoms with Gasteiger partial charge in [0.1, 0.15) is 17.9 Å². The zero-order valence-corrected chi connectivity index (χ0v) is 18.3. The normalized spacial score (nSPS) is 10.9. The molecule has 7 heteroatoms. The predicted octanol–water partition coefficient (Wildman–Crippen LogP) is 5.80. The summed E-state index contributed by atoms with van der Waals surface area (Å²) in [6.07, 6.45) is 4.71. The van der Waals surface area contributed by atoms with Crippen LogP contribution in [0.2, 0.25) is 0 Å². The third-order valence-corrected chi connectivity index (χ3v) is 5.04. The standard InChI is InChI=1S/C24H19BrN4O2/c1-31-22-8-3-2-5-16(22)9-12-23(30)28-19-10-11-21-20(14-19)24(27-15-26-21)29-18-7-4-6-17(25)13-18/h2-15H,1H3,(H,28,30)(H,26,27,29)/b12-9+. The molecule has 0 atom stereocenters. The van der Waals surface area contributed by atoms with Crippen molar-refractivity contribution < 1.29 is 9.53 Å². The van der Waals surface area contributed by atoms with Gasteiger partial charge in [0.05, 0.1) is 12.6 Å². The summed E-state index contributed by atoms with van der Waals surface area (Å²) >= 11 is 3.47. The van der Waals surface area contributed by atoms with Crippen molar-refractivity contribution in [3.05, 3.63) is 89.2 Å². The molecule has 4 aromatic rings. The molecule has 0 radical (unpaired) electrons. The summed E-state index contributed by atoms with van der Waals surface area (Å²) in [6.45, 7) is 0. The first-order valence-corrected chi connectivity index (χ1v) is 10.3. The fraction of sp³-hybridized carbons (Fsp3) is 0.0417. The van der Waals surface area contributed by atoms with Crippen molar-refractivity contribution in [3.63, 3.8) is 0 Å². The second-order valence-corrected chi connectivity index (χ2v) is 7.57. The number of rotatable bonds is 6. The summed E-state index contributed by atoms with van der Waals surface area (Å²) in [5.41, 5.74) is 3.14. The van der Waals surface area contributed by atoms with Crippen molar-refractivity contribution in [2.75, 3.05) is 17.7 Å². The van der Waals surface area contributed by atoms with Crippen LogP contribution in [0.1, 0.15) is 5.56 Å². The highest BCUT2D eigenvalue weighted by Crippen LogP contribution is 2.27. The average molecular weight is 475 g/mol. The lowest BCUT2D eigenvalue weighted by molar-refractivity contribution is -0.111. The fourth-order valence-corrected chi connectivity index (χ4v) is 3.49. The highest BCUT2D eigenvalue weighted by atomic mass is 79.9. The predicted molar refractivity (Wildman–Crippen MR) is 128 cm³/mol. The number of methoxy groups -OCH3 is 1. The van der Waals surface area contributed by atoms with E-state index < -0.39 is 0 Å². The molecule has 31 heavy (non-hydrogen) atoms. The maximum atomic E-state index is 12.4. The van der Waals surface area contributed by atoms with Gasteiger partial charge in [-0.3, -0.25) is 4.79 Å². The van der Waals surface area contributed by atoms with Crippen LogP contribution in [0.4, 0.5) is 17.2 Å². The molecule has 1 aromatic heterocycles. The molecule has 1 amide bonds. The zero-order chi connectivity index (χ0) is 21.6. The van der Waals surface area contributed by atoms with Crippen molar-refractivity contribution in [1.29, 1.82) is 0 Å². The number of amides is 1. The van der Waals surface area contributed by atoms with E-state index in [4.69, 9.17) is 4.74 Å². The lowest BCUT2D eigenvalue weighted by Gasteiger charge is -2.10. The number of nitrogens with zero attached hydrogens (tertiary/aromatic N) is 2. The summed E-state index contributed by atoms with van der Waals surface area (Å²) in [4.78, 5) is 21.1. The Hall–Kier alpha value is -3.71. The largest absolute Gasteiger partial charge is 0.496 e. The summed E-state index contributed by atoms with van der Waals surface area (Å²) in [5, 5.41) is 6.99. The number of aromatic nitrogens is 2. The van der Waals surface area contributed by atoms with Crippen LogP contribution in [-0.4, -0.2) is 23.0 Å². The fourth-order valence-electron chi connectivity index (χ4n) is 3.09. The molecule has 1 heterocycles. The Morgan fingerprint density at radius 2 is 1.87 bits per heavy atom. The van der Waals surface area contributed by atoms with Crippen LogP contribution in [0, 0.1) is 0 Å². The SMILES string of the molecule is COc1ccccc1/C=C/C(=O)Nc1ccc2ncnc(Nc3cccc(Br)c3)c2c1. The van der Waals surface area contributed by atoms with Crippen LogP contribution in [0.5, 0.6) is 5.75 Å². The van der Waals surface area contributed by atoms with Crippen LogP contribution < -0.4 is 15.4 Å². The molecule has 4 rings (SSSR count). The Kier molecular flexibility index (Phi) is 6.24. The van der Waals surface area contributed by atoms with Gasteiger partial charge >= 0.3 is 0 Å². The Morgan fingerprint density at radius 1 is 1.00 bits per heavy atom. The Morgan fingerprint density at radius 3 is 2.71 bits per heavy atom. The highest BCUT2D eigenvalue weighted by Gasteiger charge is 2.07. The number of carbonyl (C=O) groups is 1. The van der Waals surface area contributed by atoms with Crippen molar-refractivity contribution >= 4 is 56.0 Å². The molecule has 0 spiro atoms. The lowest BCUT2D eigenvalue weighted by atomic mass is 10.2. The summed E-state index contributed by atoms with van der Waals surface area (Å²) in [6, 6.07) is 20.8. The van der Waals surface area contributed by atoms with E-state index in [1.165, 1.54) is 12.4 Å². The number of anilines is 3. The van der Waals surface area contributed by atoms with E-state index in [9.17, 15) is 4.79 Å². The molecule has 0 aliphatic rings. The van der Waals surface area contributed by atoms with E-state index >= 15 is 0 Å². The smallest absolute Gasteiger partial charge is 0.248 e. The van der Waals surface area contributed by atoms with Gasteiger partial charge in [0, 0.05) is 32.9 Å². The molecule has 6 nitrogen and oxygen atoms in total. The summed E-state index contributed by atoms with van der Waals surface area (Å²) in [7, 11) is 1.60. The van der Waals surface area contributed by atoms with Gasteiger partial charge in [0.2, 0.25) is 5.91 Å². The van der Waals surface area contributed by atoms with Gasteiger partial charge < -0.3 is 15.4 Å². The van der Waals surface area contributed by atoms with E-state index in [0.717, 1.165) is 26.6 Å². The number of fused-ring (bicyclic) bond motifs is 1. The Balaban J connectivity index is 1.56. The minimum absolute atomic E-state index is 0.247. The molecule has 3 aromatic carbocycles. The number of carbonyl (C=O) groups excluding carboxylic acids is 1. The summed E-state index contributed by atoms with van der Waals surface area (Å²) < 4.78 is 6.27. The third kappa shape index (κ3) is 5.07. The van der Waals surface area contributed by atoms with Crippen molar-refractivity contribution in [2.24, 2.45) is 0 Å². The first kappa shape index (κ1) is 20.6. The van der Waals surface area contributed by atoms with Gasteiger partial charge in [-0.25, -0.2) is 9.97 Å². The molecule has 0 unspecified atom stereocenters. The van der Waals surface area contributed by atoms with Crippen molar-refractivity contribution in [1.82, 2.24) is 9.97 Å². The van der Waals surface area contributed by atoms with Gasteiger partial charge in [0.15, 0.2) is 0 Å². The molecule has 0 saturated carbocycles. The molecular formula is C24H19BrN4O2. The quantitative estimate of drug-likeness (QED) is 0.345. The van der Waals surface area contributed by atoms with E-state index in [2.05, 4.69) is 36.5 Å². The molecule has 0 saturated heterocycles. The van der Waals surface area contributed by atoms with E-state index in [-0.39, 0.29) is 5.91 Å². The molecular weight excluding hydrogens is 456 g/mol. The van der Waals surface area contributed by atoms with Crippen LogP contribution >= 0.6 is 15.9 Å². The van der Waals surface area contributed by atoms with E-state index in [1.54, 1.807) is 13.2 Å².